The summed E-state index contributed by atoms with van der Waals surface area (Å²) < 4.78 is 15.7. The Morgan fingerprint density at radius 2 is 1.75 bits per heavy atom. The molecule has 1 aliphatic rings. The van der Waals surface area contributed by atoms with Crippen LogP contribution in [-0.4, -0.2) is 43.7 Å². The minimum Gasteiger partial charge on any atom is -0.491 e. The first-order valence-corrected chi connectivity index (χ1v) is 9.33. The number of carbonyl (C=O) groups excluding carboxylic acids is 1. The largest absolute Gasteiger partial charge is 0.491 e. The second kappa shape index (κ2) is 8.71. The monoisotopic (exact) mass is 422 g/mol. The van der Waals surface area contributed by atoms with Gasteiger partial charge in [-0.2, -0.15) is 0 Å². The maximum absolute atomic E-state index is 12.6. The Morgan fingerprint density at radius 3 is 2.32 bits per heavy atom. The van der Waals surface area contributed by atoms with E-state index in [2.05, 4.69) is 4.98 Å². The maximum Gasteiger partial charge on any atom is 0.246 e. The summed E-state index contributed by atoms with van der Waals surface area (Å²) in [5.74, 6) is 1.19. The number of carbonyl (C=O) groups is 1. The summed E-state index contributed by atoms with van der Waals surface area (Å²) >= 11 is 13.0. The van der Waals surface area contributed by atoms with E-state index in [0.29, 0.717) is 46.9 Å². The second-order valence-electron chi connectivity index (χ2n) is 6.13. The molecular formula is C20H20Cl2N2O4. The maximum atomic E-state index is 12.6. The van der Waals surface area contributed by atoms with E-state index in [1.54, 1.807) is 30.3 Å². The highest BCUT2D eigenvalue weighted by atomic mass is 35.5. The topological polar surface area (TPSA) is 60.9 Å². The van der Waals surface area contributed by atoms with Gasteiger partial charge in [-0.1, -0.05) is 23.2 Å². The van der Waals surface area contributed by atoms with Gasteiger partial charge in [0.05, 0.1) is 31.4 Å². The zero-order chi connectivity index (χ0) is 20.3. The molecule has 0 unspecified atom stereocenters. The molecular weight excluding hydrogens is 403 g/mol. The summed E-state index contributed by atoms with van der Waals surface area (Å²) in [7, 11) is 4.57. The molecule has 0 spiro atoms. The lowest BCUT2D eigenvalue weighted by Crippen LogP contribution is -2.35. The van der Waals surface area contributed by atoms with Gasteiger partial charge in [0.25, 0.3) is 0 Å². The van der Waals surface area contributed by atoms with E-state index in [1.165, 1.54) is 20.3 Å². The number of ether oxygens (including phenoxy) is 3. The molecule has 1 amide bonds. The fourth-order valence-corrected chi connectivity index (χ4v) is 3.83. The molecule has 0 saturated heterocycles. The van der Waals surface area contributed by atoms with Crippen LogP contribution in [0.5, 0.6) is 17.4 Å². The van der Waals surface area contributed by atoms with Crippen molar-refractivity contribution in [3.05, 3.63) is 51.1 Å². The number of pyridine rings is 1. The number of benzene rings is 1. The number of amides is 1. The van der Waals surface area contributed by atoms with Crippen molar-refractivity contribution in [1.29, 1.82) is 0 Å². The zero-order valence-electron chi connectivity index (χ0n) is 15.8. The zero-order valence-corrected chi connectivity index (χ0v) is 17.3. The van der Waals surface area contributed by atoms with Crippen molar-refractivity contribution in [2.75, 3.05) is 27.9 Å². The van der Waals surface area contributed by atoms with Crippen molar-refractivity contribution < 1.29 is 19.0 Å². The number of hydrogen-bond acceptors (Lipinski definition) is 5. The summed E-state index contributed by atoms with van der Waals surface area (Å²) in [6.45, 7) is 0.876. The van der Waals surface area contributed by atoms with Crippen molar-refractivity contribution in [2.24, 2.45) is 0 Å². The van der Waals surface area contributed by atoms with Gasteiger partial charge in [0.15, 0.2) is 11.5 Å². The van der Waals surface area contributed by atoms with Crippen molar-refractivity contribution >= 4 is 35.2 Å². The van der Waals surface area contributed by atoms with E-state index in [-0.39, 0.29) is 5.91 Å². The fourth-order valence-electron chi connectivity index (χ4n) is 3.12. The Bertz CT molecular complexity index is 914. The Morgan fingerprint density at radius 1 is 1.07 bits per heavy atom. The van der Waals surface area contributed by atoms with Crippen molar-refractivity contribution in [1.82, 2.24) is 9.88 Å². The molecule has 0 radical (unpaired) electrons. The number of aromatic nitrogens is 1. The van der Waals surface area contributed by atoms with Crippen LogP contribution in [0.25, 0.3) is 6.08 Å². The average molecular weight is 423 g/mol. The van der Waals surface area contributed by atoms with Gasteiger partial charge in [-0.15, -0.1) is 0 Å². The lowest BCUT2D eigenvalue weighted by Gasteiger charge is -2.30. The second-order valence-corrected chi connectivity index (χ2v) is 6.88. The summed E-state index contributed by atoms with van der Waals surface area (Å²) in [4.78, 5) is 18.5. The first-order valence-electron chi connectivity index (χ1n) is 8.57. The van der Waals surface area contributed by atoms with Crippen LogP contribution >= 0.6 is 23.2 Å². The summed E-state index contributed by atoms with van der Waals surface area (Å²) in [5.41, 5.74) is 2.47. The Labute approximate surface area is 173 Å². The normalized spacial score (nSPS) is 13.4. The summed E-state index contributed by atoms with van der Waals surface area (Å²) in [5, 5.41) is 0.894. The number of halogens is 2. The van der Waals surface area contributed by atoms with E-state index >= 15 is 0 Å². The smallest absolute Gasteiger partial charge is 0.246 e. The molecule has 0 aliphatic carbocycles. The highest BCUT2D eigenvalue weighted by molar-refractivity contribution is 6.37. The molecule has 28 heavy (non-hydrogen) atoms. The van der Waals surface area contributed by atoms with Crippen LogP contribution in [0.15, 0.2) is 24.4 Å². The lowest BCUT2D eigenvalue weighted by molar-refractivity contribution is -0.126. The highest BCUT2D eigenvalue weighted by Gasteiger charge is 2.29. The van der Waals surface area contributed by atoms with Gasteiger partial charge >= 0.3 is 0 Å². The third kappa shape index (κ3) is 3.88. The molecule has 0 atom stereocenters. The van der Waals surface area contributed by atoms with Crippen LogP contribution < -0.4 is 14.2 Å². The molecule has 1 aromatic carbocycles. The Balaban J connectivity index is 1.81. The van der Waals surface area contributed by atoms with Crippen molar-refractivity contribution in [2.45, 2.75) is 13.0 Å². The predicted molar refractivity (Wildman–Crippen MR) is 109 cm³/mol. The number of fused-ring (bicyclic) bond motifs is 1. The standard InChI is InChI=1S/C20H20Cl2N2O4/c1-26-15-6-4-12(10-23-15)5-7-16(25)24-9-8-13-14(11-24)18(22)20(28-3)19(27-2)17(13)21/h4-7,10H,8-9,11H2,1-3H3. The fraction of sp³-hybridized carbons (Fsp3) is 0.300. The minimum absolute atomic E-state index is 0.122. The van der Waals surface area contributed by atoms with E-state index in [9.17, 15) is 4.79 Å². The summed E-state index contributed by atoms with van der Waals surface area (Å²) in [6.07, 6.45) is 5.46. The molecule has 0 bridgehead atoms. The van der Waals surface area contributed by atoms with E-state index < -0.39 is 0 Å². The first-order chi connectivity index (χ1) is 13.5. The van der Waals surface area contributed by atoms with Gasteiger partial charge in [0.1, 0.15) is 0 Å². The molecule has 1 aliphatic heterocycles. The van der Waals surface area contributed by atoms with Gasteiger partial charge in [-0.05, 0) is 35.3 Å². The first kappa shape index (κ1) is 20.3. The molecule has 0 saturated carbocycles. The van der Waals surface area contributed by atoms with Gasteiger partial charge < -0.3 is 19.1 Å². The summed E-state index contributed by atoms with van der Waals surface area (Å²) in [6, 6.07) is 3.57. The lowest BCUT2D eigenvalue weighted by atomic mass is 9.98. The van der Waals surface area contributed by atoms with Crippen LogP contribution in [-0.2, 0) is 17.8 Å². The van der Waals surface area contributed by atoms with Crippen LogP contribution in [0.3, 0.4) is 0 Å². The SMILES string of the molecule is COc1ccc(C=CC(=O)N2CCc3c(Cl)c(OC)c(OC)c(Cl)c3C2)cn1. The number of methoxy groups -OCH3 is 3. The molecule has 0 fully saturated rings. The van der Waals surface area contributed by atoms with Crippen molar-refractivity contribution in [3.8, 4) is 17.4 Å². The molecule has 0 N–H and O–H groups in total. The molecule has 148 valence electrons. The molecule has 6 nitrogen and oxygen atoms in total. The van der Waals surface area contributed by atoms with E-state index in [1.807, 2.05) is 6.07 Å². The number of hydrogen-bond donors (Lipinski definition) is 0. The van der Waals surface area contributed by atoms with Crippen LogP contribution in [0.2, 0.25) is 10.0 Å². The third-order valence-corrected chi connectivity index (χ3v) is 5.39. The quantitative estimate of drug-likeness (QED) is 0.681. The van der Waals surface area contributed by atoms with Gasteiger partial charge in [-0.3, -0.25) is 4.79 Å². The van der Waals surface area contributed by atoms with Crippen LogP contribution in [0.4, 0.5) is 0 Å². The van der Waals surface area contributed by atoms with Crippen molar-refractivity contribution in [3.63, 3.8) is 0 Å². The van der Waals surface area contributed by atoms with Crippen LogP contribution in [0, 0.1) is 0 Å². The predicted octanol–water partition coefficient (Wildman–Crippen LogP) is 4.01. The minimum atomic E-state index is -0.122. The Hall–Kier alpha value is -2.44. The third-order valence-electron chi connectivity index (χ3n) is 4.59. The van der Waals surface area contributed by atoms with Crippen LogP contribution in [0.1, 0.15) is 16.7 Å². The molecule has 8 heteroatoms. The van der Waals surface area contributed by atoms with Gasteiger partial charge in [0, 0.05) is 31.4 Å². The Kier molecular flexibility index (Phi) is 6.31. The van der Waals surface area contributed by atoms with E-state index in [4.69, 9.17) is 37.4 Å². The van der Waals surface area contributed by atoms with E-state index in [0.717, 1.165) is 16.7 Å². The average Bonchev–Trinajstić information content (AvgIpc) is 2.74. The van der Waals surface area contributed by atoms with Gasteiger partial charge in [-0.25, -0.2) is 4.98 Å². The molecule has 1 aromatic heterocycles. The molecule has 2 aromatic rings. The van der Waals surface area contributed by atoms with Gasteiger partial charge in [0.2, 0.25) is 11.8 Å². The molecule has 3 rings (SSSR count). The highest BCUT2D eigenvalue weighted by Crippen LogP contribution is 2.47. The molecule has 2 heterocycles. The number of rotatable bonds is 5. The number of nitrogens with zero attached hydrogens (tertiary/aromatic N) is 2.